The Morgan fingerprint density at radius 1 is 0.444 bits per heavy atom. The van der Waals surface area contributed by atoms with Gasteiger partial charge in [0.05, 0.1) is 40.0 Å². The van der Waals surface area contributed by atoms with Crippen molar-refractivity contribution in [2.24, 2.45) is 0 Å². The van der Waals surface area contributed by atoms with Crippen LogP contribution in [0.1, 0.15) is 11.1 Å². The summed E-state index contributed by atoms with van der Waals surface area (Å²) in [5.41, 5.74) is 9.55. The summed E-state index contributed by atoms with van der Waals surface area (Å²) in [5.74, 6) is 1.56. The summed E-state index contributed by atoms with van der Waals surface area (Å²) in [6.45, 7) is 0. The summed E-state index contributed by atoms with van der Waals surface area (Å²) in [7, 11) is 0. The molecule has 0 fully saturated rings. The number of para-hydroxylation sites is 1. The van der Waals surface area contributed by atoms with Crippen molar-refractivity contribution in [2.45, 2.75) is 0 Å². The van der Waals surface area contributed by atoms with E-state index < -0.39 is 0 Å². The van der Waals surface area contributed by atoms with E-state index in [1.807, 2.05) is 127 Å². The summed E-state index contributed by atoms with van der Waals surface area (Å²) in [5, 5.41) is 24.0. The second-order valence-electron chi connectivity index (χ2n) is 13.1. The Labute approximate surface area is 309 Å². The van der Waals surface area contributed by atoms with E-state index in [9.17, 15) is 10.5 Å². The summed E-state index contributed by atoms with van der Waals surface area (Å²) in [4.78, 5) is 15.3. The van der Waals surface area contributed by atoms with Crippen molar-refractivity contribution in [1.82, 2.24) is 19.5 Å². The molecule has 3 aromatic heterocycles. The summed E-state index contributed by atoms with van der Waals surface area (Å²) in [6.07, 6.45) is 0. The molecule has 0 unspecified atom stereocenters. The Morgan fingerprint density at radius 2 is 1.02 bits per heavy atom. The Morgan fingerprint density at radius 3 is 1.65 bits per heavy atom. The Hall–Kier alpha value is -7.87. The smallest absolute Gasteiger partial charge is 0.166 e. The molecule has 54 heavy (non-hydrogen) atoms. The molecular weight excluding hydrogens is 665 g/mol. The van der Waals surface area contributed by atoms with Crippen LogP contribution in [0.3, 0.4) is 0 Å². The van der Waals surface area contributed by atoms with Gasteiger partial charge in [0.1, 0.15) is 11.2 Å². The first-order valence-corrected chi connectivity index (χ1v) is 17.5. The molecule has 7 nitrogen and oxygen atoms in total. The number of furan rings is 1. The second kappa shape index (κ2) is 12.4. The van der Waals surface area contributed by atoms with Crippen LogP contribution < -0.4 is 0 Å². The number of nitriles is 2. The molecule has 0 aliphatic heterocycles. The van der Waals surface area contributed by atoms with Crippen molar-refractivity contribution in [3.8, 4) is 63.1 Å². The molecule has 0 aliphatic carbocycles. The fourth-order valence-corrected chi connectivity index (χ4v) is 7.44. The molecule has 0 N–H and O–H groups in total. The van der Waals surface area contributed by atoms with Crippen LogP contribution in [0.4, 0.5) is 0 Å². The van der Waals surface area contributed by atoms with Gasteiger partial charge in [-0.05, 0) is 59.7 Å². The molecular formula is C47H26N6O. The lowest BCUT2D eigenvalue weighted by molar-refractivity contribution is 0.669. The SMILES string of the molecule is N#Cc1ccc2c3ccc(C#N)cc3n(-c3ccc(-c4cccc5oc6ccccc6c45)cc3-c3nc(-c4ccccc4)nc(-c4ccccc4)n3)c2c1. The second-order valence-corrected chi connectivity index (χ2v) is 13.1. The predicted molar refractivity (Wildman–Crippen MR) is 213 cm³/mol. The third kappa shape index (κ3) is 5.00. The van der Waals surface area contributed by atoms with E-state index in [4.69, 9.17) is 19.4 Å². The van der Waals surface area contributed by atoms with Gasteiger partial charge in [0.15, 0.2) is 17.5 Å². The molecule has 3 heterocycles. The van der Waals surface area contributed by atoms with Crippen molar-refractivity contribution in [2.75, 3.05) is 0 Å². The quantitative estimate of drug-likeness (QED) is 0.178. The Kier molecular flexibility index (Phi) is 7.11. The van der Waals surface area contributed by atoms with Crippen molar-refractivity contribution in [3.05, 3.63) is 169 Å². The number of aromatic nitrogens is 4. The van der Waals surface area contributed by atoms with E-state index in [1.165, 1.54) is 0 Å². The summed E-state index contributed by atoms with van der Waals surface area (Å²) in [6, 6.07) is 56.4. The molecule has 10 rings (SSSR count). The zero-order chi connectivity index (χ0) is 36.2. The maximum absolute atomic E-state index is 10.00. The molecule has 0 amide bonds. The fourth-order valence-electron chi connectivity index (χ4n) is 7.44. The standard InChI is InChI=1S/C47H26N6O/c48-27-29-18-21-35-36-22-19-30(28-49)25-41(36)53(40(35)24-29)39-23-20-33(34-15-9-17-43-44(34)37-14-7-8-16-42(37)54-43)26-38(39)47-51-45(31-10-3-1-4-11-31)50-46(52-47)32-12-5-2-6-13-32/h1-26H. The van der Waals surface area contributed by atoms with Gasteiger partial charge in [-0.2, -0.15) is 10.5 Å². The van der Waals surface area contributed by atoms with Crippen LogP contribution in [-0.4, -0.2) is 19.5 Å². The van der Waals surface area contributed by atoms with Crippen molar-refractivity contribution < 1.29 is 4.42 Å². The van der Waals surface area contributed by atoms with E-state index in [0.717, 1.165) is 77.2 Å². The highest BCUT2D eigenvalue weighted by Gasteiger charge is 2.22. The molecule has 250 valence electrons. The minimum Gasteiger partial charge on any atom is -0.456 e. The maximum atomic E-state index is 10.00. The highest BCUT2D eigenvalue weighted by molar-refractivity contribution is 6.13. The van der Waals surface area contributed by atoms with E-state index >= 15 is 0 Å². The molecule has 7 aromatic carbocycles. The van der Waals surface area contributed by atoms with Crippen molar-refractivity contribution in [3.63, 3.8) is 0 Å². The number of rotatable bonds is 5. The molecule has 0 bridgehead atoms. The lowest BCUT2D eigenvalue weighted by atomic mass is 9.96. The number of nitrogens with zero attached hydrogens (tertiary/aromatic N) is 6. The van der Waals surface area contributed by atoms with Crippen molar-refractivity contribution >= 4 is 43.7 Å². The molecule has 0 radical (unpaired) electrons. The largest absolute Gasteiger partial charge is 0.456 e. The number of benzene rings is 7. The van der Waals surface area contributed by atoms with E-state index in [1.54, 1.807) is 0 Å². The molecule has 0 saturated heterocycles. The van der Waals surface area contributed by atoms with Gasteiger partial charge < -0.3 is 8.98 Å². The van der Waals surface area contributed by atoms with Crippen LogP contribution in [0.15, 0.2) is 162 Å². The average molecular weight is 691 g/mol. The first kappa shape index (κ1) is 30.9. The van der Waals surface area contributed by atoms with Crippen LogP contribution >= 0.6 is 0 Å². The topological polar surface area (TPSA) is 104 Å². The molecule has 0 aliphatic rings. The minimum atomic E-state index is 0.478. The normalized spacial score (nSPS) is 11.3. The number of hydrogen-bond donors (Lipinski definition) is 0. The van der Waals surface area contributed by atoms with Crippen LogP contribution in [-0.2, 0) is 0 Å². The minimum absolute atomic E-state index is 0.478. The lowest BCUT2D eigenvalue weighted by Gasteiger charge is -2.17. The van der Waals surface area contributed by atoms with Gasteiger partial charge in [0, 0.05) is 38.2 Å². The molecule has 10 aromatic rings. The molecule has 7 heteroatoms. The predicted octanol–water partition coefficient (Wildman–Crippen LogP) is 11.3. The summed E-state index contributed by atoms with van der Waals surface area (Å²) < 4.78 is 8.41. The van der Waals surface area contributed by atoms with E-state index in [-0.39, 0.29) is 0 Å². The van der Waals surface area contributed by atoms with Gasteiger partial charge in [-0.15, -0.1) is 0 Å². The molecule has 0 saturated carbocycles. The Bertz CT molecular complexity index is 3060. The number of fused-ring (bicyclic) bond motifs is 6. The highest BCUT2D eigenvalue weighted by atomic mass is 16.3. The zero-order valence-corrected chi connectivity index (χ0v) is 28.6. The van der Waals surface area contributed by atoms with Gasteiger partial charge >= 0.3 is 0 Å². The van der Waals surface area contributed by atoms with Gasteiger partial charge in [-0.25, -0.2) is 15.0 Å². The van der Waals surface area contributed by atoms with Crippen molar-refractivity contribution in [1.29, 1.82) is 10.5 Å². The Balaban J connectivity index is 1.33. The van der Waals surface area contributed by atoms with Crippen LogP contribution in [0.2, 0.25) is 0 Å². The lowest BCUT2D eigenvalue weighted by Crippen LogP contribution is -2.04. The third-order valence-corrected chi connectivity index (χ3v) is 9.92. The zero-order valence-electron chi connectivity index (χ0n) is 28.6. The molecule has 0 atom stereocenters. The van der Waals surface area contributed by atoms with Gasteiger partial charge in [0.2, 0.25) is 0 Å². The van der Waals surface area contributed by atoms with E-state index in [0.29, 0.717) is 28.6 Å². The first-order valence-electron chi connectivity index (χ1n) is 17.5. The number of hydrogen-bond acceptors (Lipinski definition) is 6. The van der Waals surface area contributed by atoms with Gasteiger partial charge in [-0.3, -0.25) is 0 Å². The molecule has 0 spiro atoms. The monoisotopic (exact) mass is 690 g/mol. The van der Waals surface area contributed by atoms with Crippen LogP contribution in [0.25, 0.3) is 94.7 Å². The maximum Gasteiger partial charge on any atom is 0.166 e. The first-order chi connectivity index (χ1) is 26.7. The third-order valence-electron chi connectivity index (χ3n) is 9.92. The van der Waals surface area contributed by atoms with Gasteiger partial charge in [0.25, 0.3) is 0 Å². The highest BCUT2D eigenvalue weighted by Crippen LogP contribution is 2.41. The van der Waals surface area contributed by atoms with Gasteiger partial charge in [-0.1, -0.05) is 109 Å². The van der Waals surface area contributed by atoms with E-state index in [2.05, 4.69) is 47.0 Å². The average Bonchev–Trinajstić information content (AvgIpc) is 3.79. The summed E-state index contributed by atoms with van der Waals surface area (Å²) >= 11 is 0. The van der Waals surface area contributed by atoms with Crippen LogP contribution in [0, 0.1) is 22.7 Å². The fraction of sp³-hybridized carbons (Fsp3) is 0. The van der Waals surface area contributed by atoms with Crippen LogP contribution in [0.5, 0.6) is 0 Å².